The Morgan fingerprint density at radius 1 is 1.30 bits per heavy atom. The van der Waals surface area contributed by atoms with Crippen molar-refractivity contribution in [3.05, 3.63) is 34.4 Å². The molecule has 0 N–H and O–H groups in total. The molecule has 0 aliphatic heterocycles. The summed E-state index contributed by atoms with van der Waals surface area (Å²) in [5, 5.41) is 11.1. The number of hydrogen-bond acceptors (Lipinski definition) is 2. The summed E-state index contributed by atoms with van der Waals surface area (Å²) in [4.78, 5) is 9.70. The molecule has 0 saturated heterocycles. The van der Waals surface area contributed by atoms with E-state index >= 15 is 0 Å². The topological polar surface area (TPSA) is 43.1 Å². The third-order valence-corrected chi connectivity index (χ3v) is 1.49. The molecule has 10 heavy (non-hydrogen) atoms. The van der Waals surface area contributed by atoms with Crippen LogP contribution >= 0.6 is 9.24 Å². The highest BCUT2D eigenvalue weighted by atomic mass is 31.0. The van der Waals surface area contributed by atoms with Gasteiger partial charge < -0.3 is 0 Å². The molecule has 52 valence electrons. The van der Waals surface area contributed by atoms with E-state index < -0.39 is 4.92 Å². The predicted octanol–water partition coefficient (Wildman–Crippen LogP) is 1.10. The number of benzene rings is 1. The minimum atomic E-state index is -0.413. The van der Waals surface area contributed by atoms with E-state index in [0.717, 1.165) is 5.30 Å². The number of nitrogens with zero attached hydrogens (tertiary/aromatic N) is 1. The quantitative estimate of drug-likeness (QED) is 0.346. The zero-order valence-electron chi connectivity index (χ0n) is 5.15. The van der Waals surface area contributed by atoms with Crippen LogP contribution in [0.15, 0.2) is 24.3 Å². The molecule has 0 amide bonds. The first-order chi connectivity index (χ1) is 4.70. The van der Waals surface area contributed by atoms with Crippen molar-refractivity contribution in [3.63, 3.8) is 0 Å². The van der Waals surface area contributed by atoms with Crippen molar-refractivity contribution in [1.29, 1.82) is 0 Å². The van der Waals surface area contributed by atoms with E-state index in [9.17, 15) is 10.1 Å². The Hall–Kier alpha value is -0.950. The molecular weight excluding hydrogens is 149 g/mol. The van der Waals surface area contributed by atoms with Gasteiger partial charge in [0, 0.05) is 12.1 Å². The lowest BCUT2D eigenvalue weighted by molar-refractivity contribution is -0.384. The summed E-state index contributed by atoms with van der Waals surface area (Å²) >= 11 is 0. The maximum Gasteiger partial charge on any atom is 0.269 e. The van der Waals surface area contributed by atoms with Crippen LogP contribution in [-0.2, 0) is 0 Å². The predicted molar refractivity (Wildman–Crippen MR) is 42.4 cm³/mol. The molecular formula is C6H6NO2P. The van der Waals surface area contributed by atoms with Crippen molar-refractivity contribution in [1.82, 2.24) is 0 Å². The molecule has 0 radical (unpaired) electrons. The first-order valence-corrected chi connectivity index (χ1v) is 3.28. The fourth-order valence-electron chi connectivity index (χ4n) is 0.596. The molecule has 0 spiro atoms. The van der Waals surface area contributed by atoms with Crippen LogP contribution in [0, 0.1) is 10.1 Å². The second-order valence-corrected chi connectivity index (χ2v) is 2.52. The van der Waals surface area contributed by atoms with Gasteiger partial charge in [-0.2, -0.15) is 0 Å². The van der Waals surface area contributed by atoms with Crippen molar-refractivity contribution >= 4 is 20.2 Å². The summed E-state index contributed by atoms with van der Waals surface area (Å²) in [7, 11) is 2.46. The highest BCUT2D eigenvalue weighted by Gasteiger charge is 2.00. The molecule has 0 fully saturated rings. The average Bonchev–Trinajstić information content (AvgIpc) is 1.88. The van der Waals surface area contributed by atoms with Gasteiger partial charge in [0.15, 0.2) is 0 Å². The lowest BCUT2D eigenvalue weighted by atomic mass is 10.3. The number of hydrogen-bond donors (Lipinski definition) is 0. The fraction of sp³-hybridized carbons (Fsp3) is 0. The maximum atomic E-state index is 10.1. The van der Waals surface area contributed by atoms with Crippen LogP contribution in [0.25, 0.3) is 0 Å². The smallest absolute Gasteiger partial charge is 0.258 e. The first kappa shape index (κ1) is 7.16. The van der Waals surface area contributed by atoms with Crippen LogP contribution in [0.4, 0.5) is 5.69 Å². The molecule has 1 atom stereocenters. The van der Waals surface area contributed by atoms with Crippen LogP contribution < -0.4 is 5.30 Å². The standard InChI is InChI=1S/C6H6NO2P/c8-7(9)5-1-3-6(10)4-2-5/h1-4H,10H2. The van der Waals surface area contributed by atoms with E-state index in [1.165, 1.54) is 12.1 Å². The van der Waals surface area contributed by atoms with E-state index in [0.29, 0.717) is 0 Å². The first-order valence-electron chi connectivity index (χ1n) is 2.70. The van der Waals surface area contributed by atoms with Crippen molar-refractivity contribution < 1.29 is 4.92 Å². The summed E-state index contributed by atoms with van der Waals surface area (Å²) in [5.74, 6) is 0. The van der Waals surface area contributed by atoms with Gasteiger partial charge in [-0.1, -0.05) is 0 Å². The van der Waals surface area contributed by atoms with E-state index in [2.05, 4.69) is 9.24 Å². The average molecular weight is 155 g/mol. The molecule has 0 saturated carbocycles. The summed E-state index contributed by atoms with van der Waals surface area (Å²) in [6.07, 6.45) is 0. The summed E-state index contributed by atoms with van der Waals surface area (Å²) in [6, 6.07) is 6.32. The van der Waals surface area contributed by atoms with Crippen molar-refractivity contribution in [3.8, 4) is 0 Å². The molecule has 1 unspecified atom stereocenters. The summed E-state index contributed by atoms with van der Waals surface area (Å²) < 4.78 is 0. The number of rotatable bonds is 1. The highest BCUT2D eigenvalue weighted by Crippen LogP contribution is 2.07. The molecule has 3 nitrogen and oxygen atoms in total. The van der Waals surface area contributed by atoms with Gasteiger partial charge in [-0.05, 0) is 17.4 Å². The SMILES string of the molecule is O=[N+]([O-])c1ccc(P)cc1. The number of non-ortho nitro benzene ring substituents is 1. The van der Waals surface area contributed by atoms with Gasteiger partial charge in [0.05, 0.1) is 4.92 Å². The lowest BCUT2D eigenvalue weighted by Gasteiger charge is -1.89. The molecule has 0 bridgehead atoms. The Labute approximate surface area is 60.4 Å². The van der Waals surface area contributed by atoms with Crippen LogP contribution in [0.3, 0.4) is 0 Å². The molecule has 1 rings (SSSR count). The molecule has 0 heterocycles. The largest absolute Gasteiger partial charge is 0.269 e. The van der Waals surface area contributed by atoms with Gasteiger partial charge in [-0.3, -0.25) is 10.1 Å². The van der Waals surface area contributed by atoms with Crippen molar-refractivity contribution in [2.24, 2.45) is 0 Å². The monoisotopic (exact) mass is 155 g/mol. The Kier molecular flexibility index (Phi) is 1.97. The molecule has 1 aromatic carbocycles. The van der Waals surface area contributed by atoms with E-state index in [4.69, 9.17) is 0 Å². The van der Waals surface area contributed by atoms with Gasteiger partial charge in [0.25, 0.3) is 5.69 Å². The molecule has 4 heteroatoms. The minimum absolute atomic E-state index is 0.131. The Bertz CT molecular complexity index is 244. The Balaban J connectivity index is 3.00. The van der Waals surface area contributed by atoms with Gasteiger partial charge in [-0.15, -0.1) is 9.24 Å². The second-order valence-electron chi connectivity index (χ2n) is 1.85. The third kappa shape index (κ3) is 1.52. The van der Waals surface area contributed by atoms with Crippen molar-refractivity contribution in [2.45, 2.75) is 0 Å². The summed E-state index contributed by atoms with van der Waals surface area (Å²) in [6.45, 7) is 0. The lowest BCUT2D eigenvalue weighted by Crippen LogP contribution is -1.91. The minimum Gasteiger partial charge on any atom is -0.258 e. The van der Waals surface area contributed by atoms with Crippen LogP contribution in [0.1, 0.15) is 0 Å². The van der Waals surface area contributed by atoms with Gasteiger partial charge in [0.1, 0.15) is 0 Å². The van der Waals surface area contributed by atoms with Gasteiger partial charge in [-0.25, -0.2) is 0 Å². The molecule has 0 aliphatic rings. The van der Waals surface area contributed by atoms with E-state index in [-0.39, 0.29) is 5.69 Å². The highest BCUT2D eigenvalue weighted by molar-refractivity contribution is 7.27. The third-order valence-electron chi connectivity index (χ3n) is 1.10. The maximum absolute atomic E-state index is 10.1. The summed E-state index contributed by atoms with van der Waals surface area (Å²) in [5.41, 5.74) is 0.131. The Morgan fingerprint density at radius 3 is 2.20 bits per heavy atom. The van der Waals surface area contributed by atoms with Gasteiger partial charge in [0.2, 0.25) is 0 Å². The zero-order valence-corrected chi connectivity index (χ0v) is 6.31. The molecule has 1 aromatic rings. The van der Waals surface area contributed by atoms with Gasteiger partial charge >= 0.3 is 0 Å². The molecule has 0 aromatic heterocycles. The normalized spacial score (nSPS) is 9.30. The van der Waals surface area contributed by atoms with Crippen LogP contribution in [-0.4, -0.2) is 4.92 Å². The zero-order chi connectivity index (χ0) is 7.56. The van der Waals surface area contributed by atoms with Crippen molar-refractivity contribution in [2.75, 3.05) is 0 Å². The molecule has 0 aliphatic carbocycles. The van der Waals surface area contributed by atoms with Crippen LogP contribution in [0.2, 0.25) is 0 Å². The second kappa shape index (κ2) is 2.76. The number of nitro groups is 1. The Morgan fingerprint density at radius 2 is 1.80 bits per heavy atom. The van der Waals surface area contributed by atoms with E-state index in [1.54, 1.807) is 12.1 Å². The van der Waals surface area contributed by atoms with E-state index in [1.807, 2.05) is 0 Å². The van der Waals surface area contributed by atoms with Crippen LogP contribution in [0.5, 0.6) is 0 Å². The number of nitro benzene ring substituents is 1. The fourth-order valence-corrected chi connectivity index (χ4v) is 0.788.